The maximum absolute atomic E-state index is 12.6. The van der Waals surface area contributed by atoms with Crippen molar-refractivity contribution in [3.05, 3.63) is 45.7 Å². The first kappa shape index (κ1) is 13.9. The van der Waals surface area contributed by atoms with Crippen LogP contribution in [0.4, 0.5) is 0 Å². The minimum Gasteiger partial charge on any atom is -0.352 e. The maximum Gasteiger partial charge on any atom is 0.256 e. The number of aromatic nitrogens is 1. The summed E-state index contributed by atoms with van der Waals surface area (Å²) in [6.45, 7) is 6.74. The van der Waals surface area contributed by atoms with Crippen LogP contribution < -0.4 is 10.7 Å². The van der Waals surface area contributed by atoms with Gasteiger partial charge >= 0.3 is 0 Å². The molecule has 1 atom stereocenters. The molecule has 0 radical (unpaired) electrons. The summed E-state index contributed by atoms with van der Waals surface area (Å²) in [7, 11) is 0. The lowest BCUT2D eigenvalue weighted by Crippen LogP contribution is -2.32. The molecule has 4 nitrogen and oxygen atoms in total. The highest BCUT2D eigenvalue weighted by Gasteiger charge is 2.24. The summed E-state index contributed by atoms with van der Waals surface area (Å²) >= 11 is 0. The minimum absolute atomic E-state index is 0.168. The van der Waals surface area contributed by atoms with E-state index in [2.05, 4.69) is 22.9 Å². The Balaban J connectivity index is 2.13. The summed E-state index contributed by atoms with van der Waals surface area (Å²) < 4.78 is 2.07. The molecule has 3 rings (SSSR count). The monoisotopic (exact) mass is 284 g/mol. The molecule has 0 fully saturated rings. The molecule has 1 aliphatic rings. The molecular formula is C17H20N2O2. The number of para-hydroxylation sites is 1. The van der Waals surface area contributed by atoms with Crippen LogP contribution in [0.5, 0.6) is 0 Å². The zero-order valence-corrected chi connectivity index (χ0v) is 12.6. The molecule has 2 heterocycles. The summed E-state index contributed by atoms with van der Waals surface area (Å²) in [4.78, 5) is 24.9. The smallest absolute Gasteiger partial charge is 0.256 e. The Morgan fingerprint density at radius 3 is 2.90 bits per heavy atom. The van der Waals surface area contributed by atoms with E-state index in [1.165, 1.54) is 5.56 Å². The molecule has 0 saturated carbocycles. The fraction of sp³-hybridized carbons (Fsp3) is 0.412. The molecule has 0 spiro atoms. The predicted octanol–water partition coefficient (Wildman–Crippen LogP) is 2.50. The van der Waals surface area contributed by atoms with E-state index in [9.17, 15) is 9.59 Å². The van der Waals surface area contributed by atoms with Gasteiger partial charge in [-0.2, -0.15) is 0 Å². The lowest BCUT2D eigenvalue weighted by Gasteiger charge is -2.13. The van der Waals surface area contributed by atoms with Gasteiger partial charge in [0.15, 0.2) is 0 Å². The molecule has 1 N–H and O–H groups in total. The van der Waals surface area contributed by atoms with E-state index in [1.54, 1.807) is 6.20 Å². The van der Waals surface area contributed by atoms with Gasteiger partial charge in [0.2, 0.25) is 5.43 Å². The Kier molecular flexibility index (Phi) is 3.32. The van der Waals surface area contributed by atoms with Gasteiger partial charge in [-0.05, 0) is 30.9 Å². The van der Waals surface area contributed by atoms with Gasteiger partial charge < -0.3 is 9.88 Å². The predicted molar refractivity (Wildman–Crippen MR) is 83.8 cm³/mol. The van der Waals surface area contributed by atoms with Gasteiger partial charge in [0.1, 0.15) is 5.56 Å². The van der Waals surface area contributed by atoms with Crippen LogP contribution in [0.2, 0.25) is 0 Å². The average molecular weight is 284 g/mol. The van der Waals surface area contributed by atoms with Crippen molar-refractivity contribution >= 4 is 16.8 Å². The third kappa shape index (κ3) is 2.24. The van der Waals surface area contributed by atoms with Crippen molar-refractivity contribution in [2.45, 2.75) is 33.2 Å². The zero-order chi connectivity index (χ0) is 15.1. The highest BCUT2D eigenvalue weighted by atomic mass is 16.2. The molecule has 21 heavy (non-hydrogen) atoms. The number of hydrogen-bond acceptors (Lipinski definition) is 2. The third-order valence-corrected chi connectivity index (χ3v) is 4.04. The van der Waals surface area contributed by atoms with Gasteiger partial charge in [0.05, 0.1) is 5.52 Å². The van der Waals surface area contributed by atoms with Gasteiger partial charge in [0.25, 0.3) is 5.91 Å². The van der Waals surface area contributed by atoms with Crippen LogP contribution in [0.25, 0.3) is 10.9 Å². The fourth-order valence-electron chi connectivity index (χ4n) is 2.97. The number of hydrogen-bond donors (Lipinski definition) is 1. The van der Waals surface area contributed by atoms with Crippen LogP contribution in [-0.4, -0.2) is 17.0 Å². The van der Waals surface area contributed by atoms with E-state index in [0.29, 0.717) is 17.8 Å². The number of nitrogens with one attached hydrogen (secondary N) is 1. The topological polar surface area (TPSA) is 51.1 Å². The average Bonchev–Trinajstić information content (AvgIpc) is 2.77. The first-order chi connectivity index (χ1) is 9.99. The second kappa shape index (κ2) is 5.02. The number of amides is 1. The number of rotatable bonds is 3. The molecule has 1 aromatic heterocycles. The first-order valence-electron chi connectivity index (χ1n) is 7.44. The Labute approximate surface area is 123 Å². The van der Waals surface area contributed by atoms with Crippen LogP contribution in [0, 0.1) is 5.92 Å². The van der Waals surface area contributed by atoms with Crippen molar-refractivity contribution in [3.63, 3.8) is 0 Å². The molecule has 2 aromatic rings. The number of benzene rings is 1. The van der Waals surface area contributed by atoms with E-state index < -0.39 is 0 Å². The Morgan fingerprint density at radius 1 is 1.43 bits per heavy atom. The highest BCUT2D eigenvalue weighted by molar-refractivity contribution is 5.98. The molecule has 0 unspecified atom stereocenters. The Hall–Kier alpha value is -2.10. The van der Waals surface area contributed by atoms with Crippen LogP contribution in [0.3, 0.4) is 0 Å². The summed E-state index contributed by atoms with van der Waals surface area (Å²) in [5.41, 5.74) is 2.24. The first-order valence-corrected chi connectivity index (χ1v) is 7.44. The molecule has 1 aromatic carbocycles. The highest BCUT2D eigenvalue weighted by Crippen LogP contribution is 2.30. The molecule has 0 aliphatic carbocycles. The molecule has 4 heteroatoms. The molecule has 1 amide bonds. The van der Waals surface area contributed by atoms with E-state index in [0.717, 1.165) is 11.9 Å². The van der Waals surface area contributed by atoms with Crippen molar-refractivity contribution in [3.8, 4) is 0 Å². The molecular weight excluding hydrogens is 264 g/mol. The van der Waals surface area contributed by atoms with E-state index in [1.807, 2.05) is 26.0 Å². The number of carbonyl (C=O) groups is 1. The largest absolute Gasteiger partial charge is 0.352 e. The maximum atomic E-state index is 12.6. The van der Waals surface area contributed by atoms with Gasteiger partial charge in [-0.1, -0.05) is 26.0 Å². The summed E-state index contributed by atoms with van der Waals surface area (Å²) in [6, 6.07) is 6.05. The summed E-state index contributed by atoms with van der Waals surface area (Å²) in [5, 5.41) is 3.48. The van der Waals surface area contributed by atoms with E-state index in [-0.39, 0.29) is 22.9 Å². The number of pyridine rings is 1. The van der Waals surface area contributed by atoms with Crippen molar-refractivity contribution < 1.29 is 4.79 Å². The Morgan fingerprint density at radius 2 is 2.19 bits per heavy atom. The Bertz CT molecular complexity index is 774. The van der Waals surface area contributed by atoms with Gasteiger partial charge in [-0.25, -0.2) is 0 Å². The number of nitrogens with zero attached hydrogens (tertiary/aromatic N) is 1. The second-order valence-corrected chi connectivity index (χ2v) is 6.25. The lowest BCUT2D eigenvalue weighted by molar-refractivity contribution is 0.0947. The molecule has 0 bridgehead atoms. The van der Waals surface area contributed by atoms with Gasteiger partial charge in [-0.3, -0.25) is 9.59 Å². The van der Waals surface area contributed by atoms with Crippen LogP contribution in [0.1, 0.15) is 42.7 Å². The SMILES string of the molecule is CC(C)CNC(=O)c1cn2c3c(cccc3c1=O)C[C@H]2C. The molecule has 110 valence electrons. The number of carbonyl (C=O) groups excluding carboxylic acids is 1. The van der Waals surface area contributed by atoms with Crippen LogP contribution >= 0.6 is 0 Å². The fourth-order valence-corrected chi connectivity index (χ4v) is 2.97. The lowest BCUT2D eigenvalue weighted by atomic mass is 10.1. The molecule has 1 aliphatic heterocycles. The van der Waals surface area contributed by atoms with Crippen molar-refractivity contribution in [1.29, 1.82) is 0 Å². The third-order valence-electron chi connectivity index (χ3n) is 4.04. The van der Waals surface area contributed by atoms with Gasteiger partial charge in [-0.15, -0.1) is 0 Å². The second-order valence-electron chi connectivity index (χ2n) is 6.25. The quantitative estimate of drug-likeness (QED) is 0.941. The normalized spacial score (nSPS) is 16.7. The summed E-state index contributed by atoms with van der Waals surface area (Å²) in [6.07, 6.45) is 2.63. The van der Waals surface area contributed by atoms with E-state index >= 15 is 0 Å². The minimum atomic E-state index is -0.274. The van der Waals surface area contributed by atoms with Crippen molar-refractivity contribution in [1.82, 2.24) is 9.88 Å². The standard InChI is InChI=1S/C17H20N2O2/c1-10(2)8-18-17(21)14-9-19-11(3)7-12-5-4-6-13(15(12)19)16(14)20/h4-6,9-11H,7-8H2,1-3H3,(H,18,21)/t11-/m1/s1. The van der Waals surface area contributed by atoms with Crippen molar-refractivity contribution in [2.75, 3.05) is 6.54 Å². The van der Waals surface area contributed by atoms with Crippen molar-refractivity contribution in [2.24, 2.45) is 5.92 Å². The zero-order valence-electron chi connectivity index (χ0n) is 12.6. The van der Waals surface area contributed by atoms with E-state index in [4.69, 9.17) is 0 Å². The van der Waals surface area contributed by atoms with Gasteiger partial charge in [0, 0.05) is 24.2 Å². The van der Waals surface area contributed by atoms with Crippen LogP contribution in [0.15, 0.2) is 29.2 Å². The molecule has 0 saturated heterocycles. The summed E-state index contributed by atoms with van der Waals surface area (Å²) in [5.74, 6) is 0.0849. The van der Waals surface area contributed by atoms with Crippen LogP contribution in [-0.2, 0) is 6.42 Å².